The molecule has 1 atom stereocenters. The number of guanidine groups is 1. The van der Waals surface area contributed by atoms with E-state index in [9.17, 15) is 0 Å². The number of ether oxygens (including phenoxy) is 1. The Balaban J connectivity index is 0.00000261. The van der Waals surface area contributed by atoms with E-state index in [1.165, 1.54) is 32.4 Å². The molecule has 2 N–H and O–H groups in total. The van der Waals surface area contributed by atoms with Crippen molar-refractivity contribution in [3.8, 4) is 0 Å². The molecule has 3 rings (SSSR count). The molecule has 2 aliphatic heterocycles. The van der Waals surface area contributed by atoms with Crippen molar-refractivity contribution in [2.24, 2.45) is 4.99 Å². The predicted octanol–water partition coefficient (Wildman–Crippen LogP) is 1.40. The average molecular weight is 491 g/mol. The van der Waals surface area contributed by atoms with Crippen molar-refractivity contribution >= 4 is 29.9 Å². The summed E-state index contributed by atoms with van der Waals surface area (Å²) in [6, 6.07) is 0.326. The van der Waals surface area contributed by atoms with Gasteiger partial charge in [0.1, 0.15) is 12.4 Å². The van der Waals surface area contributed by atoms with Crippen LogP contribution in [0.25, 0.3) is 0 Å². The minimum Gasteiger partial charge on any atom is -0.377 e. The van der Waals surface area contributed by atoms with Crippen LogP contribution in [0.5, 0.6) is 0 Å². The van der Waals surface area contributed by atoms with Crippen LogP contribution < -0.4 is 10.6 Å². The maximum Gasteiger partial charge on any atom is 0.191 e. The molecule has 154 valence electrons. The number of nitrogens with zero attached hydrogens (tertiary/aromatic N) is 5. The van der Waals surface area contributed by atoms with Crippen molar-refractivity contribution in [2.45, 2.75) is 58.2 Å². The van der Waals surface area contributed by atoms with Gasteiger partial charge in [-0.3, -0.25) is 4.99 Å². The van der Waals surface area contributed by atoms with Crippen LogP contribution >= 0.6 is 24.0 Å². The van der Waals surface area contributed by atoms with Gasteiger partial charge < -0.3 is 20.3 Å². The van der Waals surface area contributed by atoms with E-state index in [2.05, 4.69) is 32.5 Å². The maximum atomic E-state index is 5.14. The van der Waals surface area contributed by atoms with Crippen LogP contribution in [0, 0.1) is 0 Å². The first-order valence-electron chi connectivity index (χ1n) is 9.97. The van der Waals surface area contributed by atoms with Crippen LogP contribution in [0.1, 0.15) is 44.3 Å². The molecule has 1 unspecified atom stereocenters. The molecular weight excluding hydrogens is 457 g/mol. The Hall–Kier alpha value is -0.940. The number of piperidine rings is 1. The van der Waals surface area contributed by atoms with Crippen LogP contribution in [0.3, 0.4) is 0 Å². The lowest BCUT2D eigenvalue weighted by atomic mass is 10.1. The summed E-state index contributed by atoms with van der Waals surface area (Å²) in [7, 11) is 1.67. The molecule has 0 bridgehead atoms. The van der Waals surface area contributed by atoms with Gasteiger partial charge in [0.25, 0.3) is 0 Å². The standard InChI is InChI=1S/C18H33N7O.HI/c1-3-19-18(20-9-12-24-10-5-4-6-11-24)21-15-7-8-17-22-16(14-26-2)23-25(17)13-15;/h15H,3-14H2,1-2H3,(H2,19,20,21);1H. The number of aromatic nitrogens is 3. The lowest BCUT2D eigenvalue weighted by Gasteiger charge is -2.27. The Morgan fingerprint density at radius 3 is 2.85 bits per heavy atom. The molecule has 0 saturated carbocycles. The van der Waals surface area contributed by atoms with E-state index in [4.69, 9.17) is 9.73 Å². The van der Waals surface area contributed by atoms with Crippen molar-refractivity contribution in [1.82, 2.24) is 30.3 Å². The molecule has 3 heterocycles. The van der Waals surface area contributed by atoms with Gasteiger partial charge in [0.2, 0.25) is 0 Å². The fourth-order valence-electron chi connectivity index (χ4n) is 3.67. The third-order valence-electron chi connectivity index (χ3n) is 5.00. The van der Waals surface area contributed by atoms with Gasteiger partial charge >= 0.3 is 0 Å². The van der Waals surface area contributed by atoms with Crippen molar-refractivity contribution in [2.75, 3.05) is 39.8 Å². The number of aryl methyl sites for hydroxylation is 1. The van der Waals surface area contributed by atoms with Gasteiger partial charge in [-0.15, -0.1) is 24.0 Å². The Kier molecular flexibility index (Phi) is 9.77. The van der Waals surface area contributed by atoms with Gasteiger partial charge in [-0.05, 0) is 39.3 Å². The molecule has 1 fully saturated rings. The zero-order chi connectivity index (χ0) is 18.2. The molecule has 0 radical (unpaired) electrons. The monoisotopic (exact) mass is 491 g/mol. The summed E-state index contributed by atoms with van der Waals surface area (Å²) in [5, 5.41) is 11.5. The van der Waals surface area contributed by atoms with Crippen LogP contribution in [0.4, 0.5) is 0 Å². The molecule has 0 aliphatic carbocycles. The Bertz CT molecular complexity index is 586. The van der Waals surface area contributed by atoms with Crippen molar-refractivity contribution in [3.05, 3.63) is 11.6 Å². The van der Waals surface area contributed by atoms with E-state index in [0.29, 0.717) is 12.6 Å². The van der Waals surface area contributed by atoms with E-state index in [1.807, 2.05) is 4.68 Å². The van der Waals surface area contributed by atoms with E-state index >= 15 is 0 Å². The summed E-state index contributed by atoms with van der Waals surface area (Å²) in [5.41, 5.74) is 0. The lowest BCUT2D eigenvalue weighted by Crippen LogP contribution is -2.47. The van der Waals surface area contributed by atoms with Gasteiger partial charge in [0, 0.05) is 32.7 Å². The summed E-state index contributed by atoms with van der Waals surface area (Å²) in [6.07, 6.45) is 6.01. The molecule has 8 nitrogen and oxygen atoms in total. The number of fused-ring (bicyclic) bond motifs is 1. The molecule has 0 amide bonds. The Morgan fingerprint density at radius 2 is 2.11 bits per heavy atom. The zero-order valence-corrected chi connectivity index (χ0v) is 18.9. The minimum atomic E-state index is 0. The third-order valence-corrected chi connectivity index (χ3v) is 5.00. The quantitative estimate of drug-likeness (QED) is 0.341. The summed E-state index contributed by atoms with van der Waals surface area (Å²) >= 11 is 0. The topological polar surface area (TPSA) is 79.6 Å². The smallest absolute Gasteiger partial charge is 0.191 e. The minimum absolute atomic E-state index is 0. The number of halogens is 1. The number of hydrogen-bond acceptors (Lipinski definition) is 5. The van der Waals surface area contributed by atoms with Crippen LogP contribution in [0.15, 0.2) is 4.99 Å². The molecule has 0 aromatic carbocycles. The van der Waals surface area contributed by atoms with Crippen molar-refractivity contribution in [1.29, 1.82) is 0 Å². The van der Waals surface area contributed by atoms with E-state index in [0.717, 1.165) is 56.6 Å². The summed E-state index contributed by atoms with van der Waals surface area (Å²) < 4.78 is 7.14. The van der Waals surface area contributed by atoms with E-state index in [1.54, 1.807) is 7.11 Å². The second kappa shape index (κ2) is 11.8. The molecule has 9 heteroatoms. The average Bonchev–Trinajstić information content (AvgIpc) is 3.05. The molecule has 2 aliphatic rings. The second-order valence-corrected chi connectivity index (χ2v) is 7.10. The largest absolute Gasteiger partial charge is 0.377 e. The number of methoxy groups -OCH3 is 1. The predicted molar refractivity (Wildman–Crippen MR) is 118 cm³/mol. The van der Waals surface area contributed by atoms with E-state index < -0.39 is 0 Å². The first-order chi connectivity index (χ1) is 12.8. The maximum absolute atomic E-state index is 5.14. The van der Waals surface area contributed by atoms with Gasteiger partial charge in [-0.1, -0.05) is 6.42 Å². The van der Waals surface area contributed by atoms with Gasteiger partial charge in [0.15, 0.2) is 11.8 Å². The Labute approximate surface area is 179 Å². The highest BCUT2D eigenvalue weighted by molar-refractivity contribution is 14.0. The number of hydrogen-bond donors (Lipinski definition) is 2. The Morgan fingerprint density at radius 1 is 1.30 bits per heavy atom. The number of likely N-dealkylation sites (tertiary alicyclic amines) is 1. The highest BCUT2D eigenvalue weighted by Gasteiger charge is 2.22. The van der Waals surface area contributed by atoms with Crippen molar-refractivity contribution in [3.63, 3.8) is 0 Å². The first-order valence-corrected chi connectivity index (χ1v) is 9.97. The molecular formula is C18H34IN7O. The fourth-order valence-corrected chi connectivity index (χ4v) is 3.67. The number of nitrogens with one attached hydrogen (secondary N) is 2. The third kappa shape index (κ3) is 6.86. The second-order valence-electron chi connectivity index (χ2n) is 7.10. The SMILES string of the molecule is CCNC(=NCCN1CCCCC1)NC1CCc2nc(COC)nn2C1.I. The summed E-state index contributed by atoms with van der Waals surface area (Å²) in [5.74, 6) is 2.74. The lowest BCUT2D eigenvalue weighted by molar-refractivity contribution is 0.177. The zero-order valence-electron chi connectivity index (χ0n) is 16.6. The van der Waals surface area contributed by atoms with Gasteiger partial charge in [0.05, 0.1) is 13.1 Å². The van der Waals surface area contributed by atoms with Crippen molar-refractivity contribution < 1.29 is 4.74 Å². The fraction of sp³-hybridized carbons (Fsp3) is 0.833. The van der Waals surface area contributed by atoms with Gasteiger partial charge in [-0.2, -0.15) is 5.10 Å². The summed E-state index contributed by atoms with van der Waals surface area (Å²) in [4.78, 5) is 11.8. The van der Waals surface area contributed by atoms with E-state index in [-0.39, 0.29) is 24.0 Å². The molecule has 1 saturated heterocycles. The molecule has 27 heavy (non-hydrogen) atoms. The normalized spacial score (nSPS) is 20.7. The first kappa shape index (κ1) is 22.4. The molecule has 1 aromatic rings. The van der Waals surface area contributed by atoms with Crippen LogP contribution in [-0.2, 0) is 24.3 Å². The molecule has 1 aromatic heterocycles. The summed E-state index contributed by atoms with van der Waals surface area (Å²) in [6.45, 7) is 8.61. The molecule has 0 spiro atoms. The highest BCUT2D eigenvalue weighted by Crippen LogP contribution is 2.13. The van der Waals surface area contributed by atoms with Crippen LogP contribution in [-0.4, -0.2) is 71.5 Å². The van der Waals surface area contributed by atoms with Gasteiger partial charge in [-0.25, -0.2) is 9.67 Å². The number of rotatable bonds is 7. The number of aliphatic imine (C=N–C) groups is 1. The van der Waals surface area contributed by atoms with Crippen LogP contribution in [0.2, 0.25) is 0 Å². The highest BCUT2D eigenvalue weighted by atomic mass is 127.